The van der Waals surface area contributed by atoms with Gasteiger partial charge < -0.3 is 20.9 Å². The molecule has 34 heavy (non-hydrogen) atoms. The van der Waals surface area contributed by atoms with Gasteiger partial charge in [-0.3, -0.25) is 4.79 Å². The lowest BCUT2D eigenvalue weighted by Crippen LogP contribution is -2.23. The molecule has 4 rings (SSSR count). The highest BCUT2D eigenvalue weighted by Gasteiger charge is 2.27. The minimum atomic E-state index is -4.42. The number of amides is 1. The highest BCUT2D eigenvalue weighted by Crippen LogP contribution is 2.25. The molecule has 0 aliphatic heterocycles. The largest absolute Gasteiger partial charge is 0.405 e. The predicted molar refractivity (Wildman–Crippen MR) is 116 cm³/mol. The van der Waals surface area contributed by atoms with Crippen molar-refractivity contribution in [3.8, 4) is 0 Å². The van der Waals surface area contributed by atoms with E-state index in [9.17, 15) is 26.7 Å². The van der Waals surface area contributed by atoms with Gasteiger partial charge in [-0.15, -0.1) is 0 Å². The fraction of sp³-hybridized carbons (Fsp3) is 0.136. The molecule has 0 aliphatic rings. The molecule has 0 unspecified atom stereocenters. The lowest BCUT2D eigenvalue weighted by molar-refractivity contribution is -0.115. The fourth-order valence-corrected chi connectivity index (χ4v) is 3.11. The third-order valence-corrected chi connectivity index (χ3v) is 4.75. The molecule has 0 saturated carbocycles. The average Bonchev–Trinajstić information content (AvgIpc) is 3.27. The van der Waals surface area contributed by atoms with E-state index in [1.165, 1.54) is 30.5 Å². The van der Waals surface area contributed by atoms with Crippen molar-refractivity contribution in [2.45, 2.75) is 12.7 Å². The van der Waals surface area contributed by atoms with E-state index in [0.29, 0.717) is 16.7 Å². The Hall–Kier alpha value is -4.22. The van der Waals surface area contributed by atoms with Crippen LogP contribution in [0.1, 0.15) is 15.9 Å². The smallest absolute Gasteiger partial charge is 0.360 e. The monoisotopic (exact) mass is 476 g/mol. The molecule has 0 aliphatic carbocycles. The molecular weight excluding hydrogens is 459 g/mol. The number of nitrogens with zero attached hydrogens (tertiary/aromatic N) is 2. The van der Waals surface area contributed by atoms with Gasteiger partial charge in [0.2, 0.25) is 5.95 Å². The third-order valence-electron chi connectivity index (χ3n) is 4.75. The Labute approximate surface area is 189 Å². The summed E-state index contributed by atoms with van der Waals surface area (Å²) in [6, 6.07) is 11.3. The van der Waals surface area contributed by atoms with Gasteiger partial charge in [-0.25, -0.2) is 8.78 Å². The Morgan fingerprint density at radius 3 is 2.50 bits per heavy atom. The minimum absolute atomic E-state index is 0.00616. The Bertz CT molecular complexity index is 1320. The van der Waals surface area contributed by atoms with Crippen LogP contribution in [-0.4, -0.2) is 33.6 Å². The van der Waals surface area contributed by atoms with Crippen molar-refractivity contribution in [2.24, 2.45) is 0 Å². The van der Waals surface area contributed by atoms with E-state index in [0.717, 1.165) is 6.07 Å². The molecule has 2 aromatic carbocycles. The first-order valence-corrected chi connectivity index (χ1v) is 9.93. The molecule has 0 fully saturated rings. The number of hydrogen-bond acceptors (Lipinski definition) is 5. The summed E-state index contributed by atoms with van der Waals surface area (Å²) in [5.41, 5.74) is 1.08. The summed E-state index contributed by atoms with van der Waals surface area (Å²) in [6.45, 7) is -1.45. The van der Waals surface area contributed by atoms with Crippen LogP contribution in [0.2, 0.25) is 0 Å². The van der Waals surface area contributed by atoms with Crippen molar-refractivity contribution in [2.75, 3.05) is 17.2 Å². The normalized spacial score (nSPS) is 11.4. The second-order valence-electron chi connectivity index (χ2n) is 7.20. The molecule has 7 nitrogen and oxygen atoms in total. The number of fused-ring (bicyclic) bond motifs is 1. The van der Waals surface area contributed by atoms with Crippen molar-refractivity contribution in [3.05, 3.63) is 77.5 Å². The summed E-state index contributed by atoms with van der Waals surface area (Å²) in [5.74, 6) is -2.48. The van der Waals surface area contributed by atoms with Gasteiger partial charge in [0.15, 0.2) is 11.6 Å². The fourth-order valence-electron chi connectivity index (χ4n) is 3.11. The topological polar surface area (TPSA) is 94.7 Å². The summed E-state index contributed by atoms with van der Waals surface area (Å²) in [7, 11) is 0. The van der Waals surface area contributed by atoms with Crippen molar-refractivity contribution >= 4 is 34.4 Å². The molecule has 2 heterocycles. The van der Waals surface area contributed by atoms with Crippen LogP contribution in [0.5, 0.6) is 0 Å². The van der Waals surface area contributed by atoms with Crippen LogP contribution in [0.3, 0.4) is 0 Å². The van der Waals surface area contributed by atoms with Crippen molar-refractivity contribution < 1.29 is 26.7 Å². The predicted octanol–water partition coefficient (Wildman–Crippen LogP) is 4.88. The summed E-state index contributed by atoms with van der Waals surface area (Å²) in [6.07, 6.45) is -2.89. The van der Waals surface area contributed by atoms with Crippen LogP contribution in [0.15, 0.2) is 54.7 Å². The number of hydrogen-bond donors (Lipinski definition) is 4. The standard InChI is InChI=1S/C22H17F5N6O/c23-16-3-1-2-13(17(16)24)10-29-20(34)12-4-6-14(7-5-12)31-21-32-18-15(8-9-28-18)19(33-21)30-11-22(25,26)27/h1-9H,10-11H2,(H,29,34)(H3,28,30,31,32,33). The number of rotatable bonds is 7. The van der Waals surface area contributed by atoms with Crippen LogP contribution >= 0.6 is 0 Å². The maximum atomic E-state index is 13.7. The quantitative estimate of drug-likeness (QED) is 0.285. The summed E-state index contributed by atoms with van der Waals surface area (Å²) in [4.78, 5) is 23.5. The zero-order valence-corrected chi connectivity index (χ0v) is 17.3. The molecule has 0 atom stereocenters. The molecule has 0 bridgehead atoms. The number of carbonyl (C=O) groups excluding carboxylic acids is 1. The average molecular weight is 476 g/mol. The summed E-state index contributed by atoms with van der Waals surface area (Å²) < 4.78 is 64.8. The van der Waals surface area contributed by atoms with Gasteiger partial charge in [0.25, 0.3) is 5.91 Å². The van der Waals surface area contributed by atoms with Crippen molar-refractivity contribution in [3.63, 3.8) is 0 Å². The van der Waals surface area contributed by atoms with E-state index in [4.69, 9.17) is 0 Å². The third kappa shape index (κ3) is 5.39. The second kappa shape index (κ2) is 9.33. The molecule has 1 amide bonds. The number of aromatic amines is 1. The molecule has 0 radical (unpaired) electrons. The second-order valence-corrected chi connectivity index (χ2v) is 7.20. The van der Waals surface area contributed by atoms with Crippen LogP contribution in [0, 0.1) is 11.6 Å². The van der Waals surface area contributed by atoms with Gasteiger partial charge in [-0.05, 0) is 36.4 Å². The maximum Gasteiger partial charge on any atom is 0.405 e. The van der Waals surface area contributed by atoms with E-state index < -0.39 is 30.3 Å². The van der Waals surface area contributed by atoms with Crippen LogP contribution < -0.4 is 16.0 Å². The number of carbonyl (C=O) groups is 1. The zero-order valence-electron chi connectivity index (χ0n) is 17.3. The Morgan fingerprint density at radius 2 is 1.76 bits per heavy atom. The van der Waals surface area contributed by atoms with Crippen LogP contribution in [0.25, 0.3) is 11.0 Å². The summed E-state index contributed by atoms with van der Waals surface area (Å²) in [5, 5.41) is 8.04. The molecule has 0 spiro atoms. The summed E-state index contributed by atoms with van der Waals surface area (Å²) >= 11 is 0. The first-order valence-electron chi connectivity index (χ1n) is 9.93. The van der Waals surface area contributed by atoms with Gasteiger partial charge in [0, 0.05) is 29.6 Å². The maximum absolute atomic E-state index is 13.7. The SMILES string of the molecule is O=C(NCc1cccc(F)c1F)c1ccc(Nc2nc(NCC(F)(F)F)c3cc[nH]c3n2)cc1. The highest BCUT2D eigenvalue weighted by molar-refractivity contribution is 5.94. The number of H-pyrrole nitrogens is 1. The minimum Gasteiger partial charge on any atom is -0.360 e. The first-order chi connectivity index (χ1) is 16.2. The number of nitrogens with one attached hydrogen (secondary N) is 4. The van der Waals surface area contributed by atoms with E-state index in [-0.39, 0.29) is 29.4 Å². The Morgan fingerprint density at radius 1 is 1.00 bits per heavy atom. The van der Waals surface area contributed by atoms with Gasteiger partial charge in [-0.2, -0.15) is 23.1 Å². The molecule has 12 heteroatoms. The van der Waals surface area contributed by atoms with Gasteiger partial charge in [0.1, 0.15) is 18.0 Å². The van der Waals surface area contributed by atoms with Gasteiger partial charge in [-0.1, -0.05) is 12.1 Å². The lowest BCUT2D eigenvalue weighted by atomic mass is 10.1. The molecule has 4 N–H and O–H groups in total. The molecular formula is C22H17F5N6O. The van der Waals surface area contributed by atoms with Gasteiger partial charge in [0.05, 0.1) is 5.39 Å². The number of alkyl halides is 3. The van der Waals surface area contributed by atoms with E-state index in [2.05, 4.69) is 30.9 Å². The van der Waals surface area contributed by atoms with Gasteiger partial charge >= 0.3 is 6.18 Å². The Kier molecular flexibility index (Phi) is 6.30. The lowest BCUT2D eigenvalue weighted by Gasteiger charge is -2.12. The van der Waals surface area contributed by atoms with Crippen LogP contribution in [-0.2, 0) is 6.54 Å². The van der Waals surface area contributed by atoms with E-state index >= 15 is 0 Å². The van der Waals surface area contributed by atoms with Crippen molar-refractivity contribution in [1.82, 2.24) is 20.3 Å². The Balaban J connectivity index is 1.44. The number of anilines is 3. The number of benzene rings is 2. The number of aromatic nitrogens is 3. The molecule has 176 valence electrons. The molecule has 0 saturated heterocycles. The van der Waals surface area contributed by atoms with E-state index in [1.54, 1.807) is 18.2 Å². The molecule has 4 aromatic rings. The van der Waals surface area contributed by atoms with Crippen LogP contribution in [0.4, 0.5) is 39.4 Å². The first kappa shape index (κ1) is 23.0. The highest BCUT2D eigenvalue weighted by atomic mass is 19.4. The van der Waals surface area contributed by atoms with E-state index in [1.807, 2.05) is 0 Å². The number of halogens is 5. The zero-order chi connectivity index (χ0) is 24.3. The molecule has 2 aromatic heterocycles. The van der Waals surface area contributed by atoms with Crippen molar-refractivity contribution in [1.29, 1.82) is 0 Å².